The van der Waals surface area contributed by atoms with E-state index in [0.29, 0.717) is 16.8 Å². The van der Waals surface area contributed by atoms with Crippen LogP contribution in [0.4, 0.5) is 0 Å². The van der Waals surface area contributed by atoms with Crippen molar-refractivity contribution >= 4 is 21.5 Å². The van der Waals surface area contributed by atoms with Crippen LogP contribution in [0.5, 0.6) is 0 Å². The quantitative estimate of drug-likeness (QED) is 0.656. The minimum Gasteiger partial charge on any atom is -0.292 e. The van der Waals surface area contributed by atoms with E-state index in [4.69, 9.17) is 0 Å². The molecule has 1 heterocycles. The molecule has 0 saturated carbocycles. The molecule has 1 aliphatic heterocycles. The van der Waals surface area contributed by atoms with Crippen LogP contribution in [0, 0.1) is 0 Å². The first-order valence-electron chi connectivity index (χ1n) is 8.42. The maximum Gasteiger partial charge on any atom is 0.280 e. The van der Waals surface area contributed by atoms with Gasteiger partial charge in [0.05, 0.1) is 4.90 Å². The van der Waals surface area contributed by atoms with Crippen molar-refractivity contribution in [2.24, 2.45) is 5.10 Å². The Kier molecular flexibility index (Phi) is 4.33. The first-order valence-corrected chi connectivity index (χ1v) is 9.86. The normalized spacial score (nSPS) is 15.0. The number of Topliss-reactive ketones (excluding diaryl/α,β-unsaturated/α-hetero) is 1. The van der Waals surface area contributed by atoms with E-state index in [1.165, 1.54) is 0 Å². The van der Waals surface area contributed by atoms with Gasteiger partial charge in [0, 0.05) is 16.7 Å². The number of hydrazone groups is 1. The van der Waals surface area contributed by atoms with Crippen molar-refractivity contribution in [2.75, 3.05) is 6.54 Å². The van der Waals surface area contributed by atoms with Crippen LogP contribution >= 0.6 is 0 Å². The number of sulfonamides is 1. The van der Waals surface area contributed by atoms with E-state index < -0.39 is 10.0 Å². The van der Waals surface area contributed by atoms with Gasteiger partial charge in [0.1, 0.15) is 12.3 Å². The van der Waals surface area contributed by atoms with E-state index in [-0.39, 0.29) is 17.2 Å². The molecule has 1 aliphatic rings. The number of nitrogens with zero attached hydrogens (tertiary/aromatic N) is 2. The third-order valence-corrected chi connectivity index (χ3v) is 6.01. The minimum atomic E-state index is -3.90. The third kappa shape index (κ3) is 3.15. The van der Waals surface area contributed by atoms with Crippen molar-refractivity contribution in [1.29, 1.82) is 0 Å². The summed E-state index contributed by atoms with van der Waals surface area (Å²) in [5.74, 6) is -0.310. The molecule has 27 heavy (non-hydrogen) atoms. The Labute approximate surface area is 157 Å². The van der Waals surface area contributed by atoms with Crippen molar-refractivity contribution in [3.05, 3.63) is 102 Å². The van der Waals surface area contributed by atoms with Gasteiger partial charge in [0.15, 0.2) is 5.78 Å². The standard InChI is InChI=1S/C21H16N2O3S/c24-19(16-9-3-1-4-10-16)15-23-22-21(17-11-5-2-6-12-17)18-13-7-8-14-20(18)27(23,25)26/h1-14H,15H2. The van der Waals surface area contributed by atoms with Gasteiger partial charge < -0.3 is 0 Å². The van der Waals surface area contributed by atoms with Crippen molar-refractivity contribution in [3.63, 3.8) is 0 Å². The van der Waals surface area contributed by atoms with Crippen LogP contribution in [-0.4, -0.2) is 30.9 Å². The molecule has 0 atom stereocenters. The Morgan fingerprint density at radius 3 is 2.11 bits per heavy atom. The number of hydrogen-bond donors (Lipinski definition) is 0. The predicted octanol–water partition coefficient (Wildman–Crippen LogP) is 3.33. The largest absolute Gasteiger partial charge is 0.292 e. The van der Waals surface area contributed by atoms with Crippen LogP contribution in [-0.2, 0) is 10.0 Å². The number of benzene rings is 3. The van der Waals surface area contributed by atoms with Crippen molar-refractivity contribution < 1.29 is 13.2 Å². The lowest BCUT2D eigenvalue weighted by Crippen LogP contribution is -2.36. The van der Waals surface area contributed by atoms with Gasteiger partial charge in [0.2, 0.25) is 0 Å². The summed E-state index contributed by atoms with van der Waals surface area (Å²) in [7, 11) is -3.90. The Hall–Kier alpha value is -3.25. The molecule has 6 heteroatoms. The van der Waals surface area contributed by atoms with E-state index in [1.807, 2.05) is 30.3 Å². The highest BCUT2D eigenvalue weighted by Gasteiger charge is 2.34. The number of ketones is 1. The van der Waals surface area contributed by atoms with Gasteiger partial charge in [-0.15, -0.1) is 0 Å². The fourth-order valence-electron chi connectivity index (χ4n) is 2.99. The fourth-order valence-corrected chi connectivity index (χ4v) is 4.38. The van der Waals surface area contributed by atoms with Crippen molar-refractivity contribution in [3.8, 4) is 0 Å². The molecule has 5 nitrogen and oxygen atoms in total. The summed E-state index contributed by atoms with van der Waals surface area (Å²) in [5, 5.41) is 4.35. The second-order valence-electron chi connectivity index (χ2n) is 6.09. The monoisotopic (exact) mass is 376 g/mol. The maximum atomic E-state index is 13.0. The average molecular weight is 376 g/mol. The Bertz CT molecular complexity index is 1120. The molecule has 0 spiro atoms. The molecule has 4 rings (SSSR count). The van der Waals surface area contributed by atoms with Gasteiger partial charge in [0.25, 0.3) is 10.0 Å². The summed E-state index contributed by atoms with van der Waals surface area (Å²) in [6, 6.07) is 24.7. The maximum absolute atomic E-state index is 13.0. The fraction of sp³-hybridized carbons (Fsp3) is 0.0476. The lowest BCUT2D eigenvalue weighted by molar-refractivity contribution is 0.0967. The predicted molar refractivity (Wildman–Crippen MR) is 103 cm³/mol. The van der Waals surface area contributed by atoms with Gasteiger partial charge in [-0.25, -0.2) is 0 Å². The molecule has 0 unspecified atom stereocenters. The number of rotatable bonds is 4. The number of carbonyl (C=O) groups is 1. The molecule has 0 N–H and O–H groups in total. The molecular weight excluding hydrogens is 360 g/mol. The van der Waals surface area contributed by atoms with Gasteiger partial charge in [-0.3, -0.25) is 4.79 Å². The van der Waals surface area contributed by atoms with Gasteiger partial charge in [-0.1, -0.05) is 78.9 Å². The van der Waals surface area contributed by atoms with Crippen LogP contribution in [0.2, 0.25) is 0 Å². The Morgan fingerprint density at radius 2 is 1.41 bits per heavy atom. The molecule has 134 valence electrons. The average Bonchev–Trinajstić information content (AvgIpc) is 2.71. The summed E-state index contributed by atoms with van der Waals surface area (Å²) >= 11 is 0. The molecule has 3 aromatic carbocycles. The van der Waals surface area contributed by atoms with Crippen LogP contribution in [0.3, 0.4) is 0 Å². The Morgan fingerprint density at radius 1 is 0.815 bits per heavy atom. The molecule has 0 bridgehead atoms. The summed E-state index contributed by atoms with van der Waals surface area (Å²) in [6.45, 7) is -0.350. The number of hydrogen-bond acceptors (Lipinski definition) is 4. The highest BCUT2D eigenvalue weighted by molar-refractivity contribution is 7.89. The highest BCUT2D eigenvalue weighted by Crippen LogP contribution is 2.29. The van der Waals surface area contributed by atoms with Gasteiger partial charge in [-0.2, -0.15) is 17.9 Å². The topological polar surface area (TPSA) is 66.8 Å². The van der Waals surface area contributed by atoms with Crippen LogP contribution in [0.15, 0.2) is 94.9 Å². The minimum absolute atomic E-state index is 0.153. The first-order chi connectivity index (χ1) is 13.1. The molecular formula is C21H16N2O3S. The smallest absolute Gasteiger partial charge is 0.280 e. The van der Waals surface area contributed by atoms with Crippen molar-refractivity contribution in [1.82, 2.24) is 4.41 Å². The van der Waals surface area contributed by atoms with E-state index in [9.17, 15) is 13.2 Å². The summed E-state index contributed by atoms with van der Waals surface area (Å²) in [4.78, 5) is 12.7. The molecule has 0 amide bonds. The van der Waals surface area contributed by atoms with Crippen LogP contribution < -0.4 is 0 Å². The van der Waals surface area contributed by atoms with Crippen molar-refractivity contribution in [2.45, 2.75) is 4.90 Å². The van der Waals surface area contributed by atoms with E-state index in [2.05, 4.69) is 5.10 Å². The molecule has 0 aliphatic carbocycles. The highest BCUT2D eigenvalue weighted by atomic mass is 32.2. The zero-order chi connectivity index (χ0) is 18.9. The van der Waals surface area contributed by atoms with Gasteiger partial charge >= 0.3 is 0 Å². The Balaban J connectivity index is 1.81. The van der Waals surface area contributed by atoms with Crippen LogP contribution in [0.25, 0.3) is 0 Å². The molecule has 0 aromatic heterocycles. The van der Waals surface area contributed by atoms with Crippen LogP contribution in [0.1, 0.15) is 21.5 Å². The summed E-state index contributed by atoms with van der Waals surface area (Å²) in [5.41, 5.74) is 2.30. The SMILES string of the molecule is O=C(CN1N=C(c2ccccc2)c2ccccc2S1(=O)=O)c1ccccc1. The third-order valence-electron chi connectivity index (χ3n) is 4.33. The molecule has 0 saturated heterocycles. The number of fused-ring (bicyclic) bond motifs is 1. The summed E-state index contributed by atoms with van der Waals surface area (Å²) < 4.78 is 26.9. The molecule has 3 aromatic rings. The molecule has 0 radical (unpaired) electrons. The zero-order valence-electron chi connectivity index (χ0n) is 14.3. The van der Waals surface area contributed by atoms with E-state index >= 15 is 0 Å². The molecule has 0 fully saturated rings. The van der Waals surface area contributed by atoms with E-state index in [0.717, 1.165) is 9.98 Å². The second kappa shape index (κ2) is 6.81. The zero-order valence-corrected chi connectivity index (χ0v) is 15.1. The summed E-state index contributed by atoms with van der Waals surface area (Å²) in [6.07, 6.45) is 0. The van der Waals surface area contributed by atoms with Gasteiger partial charge in [-0.05, 0) is 6.07 Å². The van der Waals surface area contributed by atoms with E-state index in [1.54, 1.807) is 54.6 Å². The number of carbonyl (C=O) groups excluding carboxylic acids is 1. The first kappa shape index (κ1) is 17.2. The lowest BCUT2D eigenvalue weighted by Gasteiger charge is -2.26. The lowest BCUT2D eigenvalue weighted by atomic mass is 10.0. The second-order valence-corrected chi connectivity index (χ2v) is 7.90.